The molecule has 1 N–H and O–H groups in total. The summed E-state index contributed by atoms with van der Waals surface area (Å²) in [4.78, 5) is 15.5. The van der Waals surface area contributed by atoms with E-state index in [-0.39, 0.29) is 12.3 Å². The first-order chi connectivity index (χ1) is 10.2. The van der Waals surface area contributed by atoms with Crippen molar-refractivity contribution in [3.05, 3.63) is 50.5 Å². The minimum absolute atomic E-state index is 0.0150. The Morgan fingerprint density at radius 1 is 1.48 bits per heavy atom. The molecule has 0 amide bonds. The summed E-state index contributed by atoms with van der Waals surface area (Å²) in [5, 5.41) is 14.3. The number of nitrogens with zero attached hydrogens (tertiary/aromatic N) is 2. The van der Waals surface area contributed by atoms with Gasteiger partial charge in [0.25, 0.3) is 0 Å². The molecule has 0 atom stereocenters. The fraction of sp³-hybridized carbons (Fsp3) is 0.357. The minimum atomic E-state index is -0.425. The zero-order chi connectivity index (χ0) is 15.1. The summed E-state index contributed by atoms with van der Waals surface area (Å²) >= 11 is 1.46. The zero-order valence-corrected chi connectivity index (χ0v) is 12.6. The summed E-state index contributed by atoms with van der Waals surface area (Å²) in [6, 6.07) is 4.97. The van der Waals surface area contributed by atoms with Gasteiger partial charge < -0.3 is 10.1 Å². The molecule has 2 rings (SSSR count). The van der Waals surface area contributed by atoms with Crippen molar-refractivity contribution in [2.75, 3.05) is 6.54 Å². The van der Waals surface area contributed by atoms with Crippen molar-refractivity contribution in [2.45, 2.75) is 26.5 Å². The molecule has 21 heavy (non-hydrogen) atoms. The molecule has 0 saturated heterocycles. The van der Waals surface area contributed by atoms with Crippen LogP contribution in [-0.4, -0.2) is 16.5 Å². The molecular formula is C14H17N3O3S. The Kier molecular flexibility index (Phi) is 5.65. The highest BCUT2D eigenvalue weighted by atomic mass is 32.1. The van der Waals surface area contributed by atoms with Gasteiger partial charge in [0.05, 0.1) is 15.3 Å². The van der Waals surface area contributed by atoms with E-state index in [1.165, 1.54) is 17.4 Å². The summed E-state index contributed by atoms with van der Waals surface area (Å²) in [5.74, 6) is 0.296. The van der Waals surface area contributed by atoms with E-state index in [9.17, 15) is 10.1 Å². The lowest BCUT2D eigenvalue weighted by Crippen LogP contribution is -2.13. The van der Waals surface area contributed by atoms with Crippen LogP contribution in [0.25, 0.3) is 0 Å². The van der Waals surface area contributed by atoms with Gasteiger partial charge in [-0.2, -0.15) is 0 Å². The molecule has 0 bridgehead atoms. The molecule has 0 saturated carbocycles. The van der Waals surface area contributed by atoms with Gasteiger partial charge in [0.15, 0.2) is 5.75 Å². The van der Waals surface area contributed by atoms with Crippen LogP contribution < -0.4 is 10.1 Å². The van der Waals surface area contributed by atoms with Crippen molar-refractivity contribution in [3.63, 3.8) is 0 Å². The van der Waals surface area contributed by atoms with Crippen LogP contribution in [0.1, 0.15) is 23.8 Å². The van der Waals surface area contributed by atoms with Crippen molar-refractivity contribution >= 4 is 17.0 Å². The molecule has 0 aliphatic carbocycles. The Labute approximate surface area is 126 Å². The number of thiazole rings is 1. The Bertz CT molecular complexity index is 587. The normalized spacial score (nSPS) is 10.5. The molecule has 0 spiro atoms. The molecule has 0 unspecified atom stereocenters. The highest BCUT2D eigenvalue weighted by molar-refractivity contribution is 7.09. The molecule has 1 heterocycles. The third kappa shape index (κ3) is 4.51. The van der Waals surface area contributed by atoms with Gasteiger partial charge in [0.2, 0.25) is 0 Å². The molecule has 112 valence electrons. The molecule has 0 fully saturated rings. The molecule has 6 nitrogen and oxygen atoms in total. The van der Waals surface area contributed by atoms with Gasteiger partial charge in [-0.25, -0.2) is 0 Å². The molecule has 0 aliphatic heterocycles. The van der Waals surface area contributed by atoms with Crippen LogP contribution >= 0.6 is 11.3 Å². The lowest BCUT2D eigenvalue weighted by Gasteiger charge is -2.08. The Balaban J connectivity index is 2.10. The quantitative estimate of drug-likeness (QED) is 0.460. The molecule has 2 aromatic rings. The molecule has 0 radical (unpaired) electrons. The number of aromatic nitrogens is 1. The summed E-state index contributed by atoms with van der Waals surface area (Å²) < 4.78 is 5.59. The molecule has 0 aliphatic rings. The van der Waals surface area contributed by atoms with Gasteiger partial charge in [-0.1, -0.05) is 13.0 Å². The van der Waals surface area contributed by atoms with Crippen molar-refractivity contribution in [1.82, 2.24) is 10.3 Å². The summed E-state index contributed by atoms with van der Waals surface area (Å²) in [7, 11) is 0. The Hall–Kier alpha value is -1.99. The predicted octanol–water partition coefficient (Wildman–Crippen LogP) is 3.13. The average Bonchev–Trinajstić information content (AvgIpc) is 2.98. The fourth-order valence-corrected chi connectivity index (χ4v) is 2.31. The Morgan fingerprint density at radius 2 is 2.33 bits per heavy atom. The maximum Gasteiger partial charge on any atom is 0.310 e. The monoisotopic (exact) mass is 307 g/mol. The SMILES string of the molecule is CCCNCc1ccc([N+](=O)[O-])c(OCc2cncs2)c1. The lowest BCUT2D eigenvalue weighted by atomic mass is 10.2. The van der Waals surface area contributed by atoms with Crippen molar-refractivity contribution < 1.29 is 9.66 Å². The van der Waals surface area contributed by atoms with Gasteiger partial charge in [0, 0.05) is 18.8 Å². The summed E-state index contributed by atoms with van der Waals surface area (Å²) in [5.41, 5.74) is 2.66. The van der Waals surface area contributed by atoms with E-state index in [0.29, 0.717) is 12.3 Å². The zero-order valence-electron chi connectivity index (χ0n) is 11.7. The number of nitro groups is 1. The first kappa shape index (κ1) is 15.4. The number of nitro benzene ring substituents is 1. The number of rotatable bonds is 8. The Morgan fingerprint density at radius 3 is 3.00 bits per heavy atom. The van der Waals surface area contributed by atoms with Crippen LogP contribution in [0.15, 0.2) is 29.9 Å². The lowest BCUT2D eigenvalue weighted by molar-refractivity contribution is -0.386. The number of nitrogens with one attached hydrogen (secondary N) is 1. The molecule has 7 heteroatoms. The number of benzene rings is 1. The fourth-order valence-electron chi connectivity index (χ4n) is 1.81. The van der Waals surface area contributed by atoms with E-state index in [2.05, 4.69) is 17.2 Å². The van der Waals surface area contributed by atoms with Crippen molar-refractivity contribution in [2.24, 2.45) is 0 Å². The third-order valence-corrected chi connectivity index (χ3v) is 3.58. The third-order valence-electron chi connectivity index (χ3n) is 2.83. The summed E-state index contributed by atoms with van der Waals surface area (Å²) in [6.07, 6.45) is 2.74. The van der Waals surface area contributed by atoms with Crippen LogP contribution in [0.5, 0.6) is 5.75 Å². The second kappa shape index (κ2) is 7.70. The largest absolute Gasteiger partial charge is 0.481 e. The molecular weight excluding hydrogens is 290 g/mol. The number of hydrogen-bond acceptors (Lipinski definition) is 6. The first-order valence-corrected chi connectivity index (χ1v) is 7.57. The van der Waals surface area contributed by atoms with E-state index in [4.69, 9.17) is 4.74 Å². The maximum absolute atomic E-state index is 11.1. The topological polar surface area (TPSA) is 77.3 Å². The predicted molar refractivity (Wildman–Crippen MR) is 81.5 cm³/mol. The van der Waals surface area contributed by atoms with Gasteiger partial charge >= 0.3 is 5.69 Å². The van der Waals surface area contributed by atoms with E-state index in [0.717, 1.165) is 23.4 Å². The van der Waals surface area contributed by atoms with E-state index in [1.807, 2.05) is 0 Å². The maximum atomic E-state index is 11.1. The smallest absolute Gasteiger partial charge is 0.310 e. The van der Waals surface area contributed by atoms with Gasteiger partial charge in [-0.3, -0.25) is 15.1 Å². The van der Waals surface area contributed by atoms with Crippen LogP contribution in [-0.2, 0) is 13.2 Å². The van der Waals surface area contributed by atoms with Crippen LogP contribution in [0, 0.1) is 10.1 Å². The van der Waals surface area contributed by atoms with Crippen LogP contribution in [0.4, 0.5) is 5.69 Å². The summed E-state index contributed by atoms with van der Waals surface area (Å²) in [6.45, 7) is 3.96. The molecule has 1 aromatic carbocycles. The van der Waals surface area contributed by atoms with Crippen molar-refractivity contribution in [3.8, 4) is 5.75 Å². The van der Waals surface area contributed by atoms with Gasteiger partial charge in [-0.05, 0) is 24.6 Å². The van der Waals surface area contributed by atoms with Crippen LogP contribution in [0.3, 0.4) is 0 Å². The number of hydrogen-bond donors (Lipinski definition) is 1. The first-order valence-electron chi connectivity index (χ1n) is 6.69. The highest BCUT2D eigenvalue weighted by Crippen LogP contribution is 2.29. The van der Waals surface area contributed by atoms with E-state index in [1.54, 1.807) is 23.8 Å². The number of ether oxygens (including phenoxy) is 1. The van der Waals surface area contributed by atoms with Crippen molar-refractivity contribution in [1.29, 1.82) is 0 Å². The second-order valence-electron chi connectivity index (χ2n) is 4.49. The van der Waals surface area contributed by atoms with Gasteiger partial charge in [-0.15, -0.1) is 11.3 Å². The van der Waals surface area contributed by atoms with Gasteiger partial charge in [0.1, 0.15) is 6.61 Å². The van der Waals surface area contributed by atoms with E-state index >= 15 is 0 Å². The average molecular weight is 307 g/mol. The van der Waals surface area contributed by atoms with E-state index < -0.39 is 4.92 Å². The molecule has 1 aromatic heterocycles. The second-order valence-corrected chi connectivity index (χ2v) is 5.46. The minimum Gasteiger partial charge on any atom is -0.481 e. The van der Waals surface area contributed by atoms with Crippen LogP contribution in [0.2, 0.25) is 0 Å². The highest BCUT2D eigenvalue weighted by Gasteiger charge is 2.16. The standard InChI is InChI=1S/C14H17N3O3S/c1-2-5-15-7-11-3-4-13(17(18)19)14(6-11)20-9-12-8-16-10-21-12/h3-4,6,8,10,15H,2,5,7,9H2,1H3.